The molecule has 0 fully saturated rings. The van der Waals surface area contributed by atoms with Gasteiger partial charge >= 0.3 is 0 Å². The minimum absolute atomic E-state index is 0.0743. The van der Waals surface area contributed by atoms with E-state index >= 15 is 0 Å². The molecule has 160 valence electrons. The van der Waals surface area contributed by atoms with Gasteiger partial charge in [0.15, 0.2) is 5.78 Å². The van der Waals surface area contributed by atoms with Gasteiger partial charge in [-0.1, -0.05) is 0 Å². The zero-order valence-electron chi connectivity index (χ0n) is 18.0. The molecule has 5 heteroatoms. The summed E-state index contributed by atoms with van der Waals surface area (Å²) in [4.78, 5) is 12.8. The average molecular weight is 425 g/mol. The van der Waals surface area contributed by atoms with E-state index in [1.54, 1.807) is 48.5 Å². The van der Waals surface area contributed by atoms with Gasteiger partial charge in [-0.25, -0.2) is 0 Å². The summed E-state index contributed by atoms with van der Waals surface area (Å²) in [5, 5.41) is 0. The van der Waals surface area contributed by atoms with E-state index in [-0.39, 0.29) is 5.78 Å². The first-order valence-corrected chi connectivity index (χ1v) is 10.2. The van der Waals surface area contributed by atoms with Crippen molar-refractivity contribution in [2.75, 3.05) is 11.5 Å². The number of aryl methyl sites for hydroxylation is 2. The van der Waals surface area contributed by atoms with Gasteiger partial charge in [0, 0.05) is 22.5 Å². The maximum absolute atomic E-state index is 12.8. The first-order chi connectivity index (χ1) is 15.4. The normalized spacial score (nSPS) is 10.6. The lowest BCUT2D eigenvalue weighted by Gasteiger charge is -2.09. The number of nitrogen functional groups attached to an aromatic ring is 2. The van der Waals surface area contributed by atoms with Crippen LogP contribution in [-0.4, -0.2) is 5.78 Å². The zero-order chi connectivity index (χ0) is 22.7. The van der Waals surface area contributed by atoms with E-state index in [0.29, 0.717) is 34.1 Å². The summed E-state index contributed by atoms with van der Waals surface area (Å²) in [6, 6.07) is 25.1. The molecule has 0 amide bonds. The second-order valence-corrected chi connectivity index (χ2v) is 7.62. The van der Waals surface area contributed by atoms with E-state index in [2.05, 4.69) is 0 Å². The molecule has 0 radical (unpaired) electrons. The fourth-order valence-electron chi connectivity index (χ4n) is 3.21. The quantitative estimate of drug-likeness (QED) is 0.281. The van der Waals surface area contributed by atoms with Gasteiger partial charge in [-0.2, -0.15) is 0 Å². The highest BCUT2D eigenvalue weighted by atomic mass is 16.5. The van der Waals surface area contributed by atoms with Gasteiger partial charge in [0.1, 0.15) is 23.0 Å². The Morgan fingerprint density at radius 1 is 0.562 bits per heavy atom. The van der Waals surface area contributed by atoms with Crippen LogP contribution in [0.15, 0.2) is 84.9 Å². The number of benzene rings is 4. The van der Waals surface area contributed by atoms with Gasteiger partial charge in [-0.15, -0.1) is 0 Å². The lowest BCUT2D eigenvalue weighted by molar-refractivity contribution is 0.103. The molecule has 0 atom stereocenters. The molecule has 4 aromatic rings. The van der Waals surface area contributed by atoms with Crippen LogP contribution in [0.5, 0.6) is 23.0 Å². The molecule has 0 bridgehead atoms. The predicted octanol–water partition coefficient (Wildman–Crippen LogP) is 6.28. The SMILES string of the molecule is Cc1cc(Oc2ccc(C(=O)c3ccc(Oc4ccc(N)c(C)c4)cc3)cc2)ccc1N. The number of hydrogen-bond donors (Lipinski definition) is 2. The van der Waals surface area contributed by atoms with Crippen LogP contribution in [0.25, 0.3) is 0 Å². The van der Waals surface area contributed by atoms with Crippen molar-refractivity contribution in [3.05, 3.63) is 107 Å². The number of carbonyl (C=O) groups excluding carboxylic acids is 1. The molecule has 32 heavy (non-hydrogen) atoms. The molecule has 4 aromatic carbocycles. The fraction of sp³-hybridized carbons (Fsp3) is 0.0741. The smallest absolute Gasteiger partial charge is 0.193 e. The molecule has 4 N–H and O–H groups in total. The molecule has 0 spiro atoms. The number of hydrogen-bond acceptors (Lipinski definition) is 5. The molecule has 0 heterocycles. The lowest BCUT2D eigenvalue weighted by Crippen LogP contribution is -2.01. The van der Waals surface area contributed by atoms with E-state index in [1.807, 2.05) is 50.2 Å². The summed E-state index contributed by atoms with van der Waals surface area (Å²) in [7, 11) is 0. The van der Waals surface area contributed by atoms with Crippen molar-refractivity contribution >= 4 is 17.2 Å². The van der Waals surface area contributed by atoms with E-state index in [4.69, 9.17) is 20.9 Å². The number of ketones is 1. The lowest BCUT2D eigenvalue weighted by atomic mass is 10.0. The molecule has 0 aliphatic rings. The number of nitrogens with two attached hydrogens (primary N) is 2. The minimum atomic E-state index is -0.0743. The molecule has 0 aliphatic heterocycles. The zero-order valence-corrected chi connectivity index (χ0v) is 18.0. The molecule has 4 rings (SSSR count). The summed E-state index contributed by atoms with van der Waals surface area (Å²) in [6.45, 7) is 3.86. The molecular weight excluding hydrogens is 400 g/mol. The van der Waals surface area contributed by atoms with Gasteiger partial charge in [-0.05, 0) is 110 Å². The van der Waals surface area contributed by atoms with Gasteiger partial charge in [0.2, 0.25) is 0 Å². The standard InChI is InChI=1S/C27H24N2O3/c1-17-15-23(11-13-25(17)28)31-21-7-3-19(4-8-21)27(30)20-5-9-22(10-6-20)32-24-12-14-26(29)18(2)16-24/h3-16H,28-29H2,1-2H3. The first kappa shape index (κ1) is 21.0. The number of carbonyl (C=O) groups is 1. The van der Waals surface area contributed by atoms with Crippen LogP contribution in [0.4, 0.5) is 11.4 Å². The Labute approximate surface area is 187 Å². The largest absolute Gasteiger partial charge is 0.457 e. The topological polar surface area (TPSA) is 87.6 Å². The second kappa shape index (κ2) is 8.86. The highest BCUT2D eigenvalue weighted by Crippen LogP contribution is 2.27. The summed E-state index contributed by atoms with van der Waals surface area (Å²) < 4.78 is 11.7. The molecule has 0 aliphatic carbocycles. The first-order valence-electron chi connectivity index (χ1n) is 10.2. The van der Waals surface area contributed by atoms with Gasteiger partial charge in [0.25, 0.3) is 0 Å². The van der Waals surface area contributed by atoms with Crippen LogP contribution < -0.4 is 20.9 Å². The van der Waals surface area contributed by atoms with E-state index < -0.39 is 0 Å². The Morgan fingerprint density at radius 3 is 1.25 bits per heavy atom. The maximum atomic E-state index is 12.8. The Balaban J connectivity index is 1.43. The molecule has 0 saturated heterocycles. The van der Waals surface area contributed by atoms with Crippen molar-refractivity contribution < 1.29 is 14.3 Å². The Morgan fingerprint density at radius 2 is 0.906 bits per heavy atom. The van der Waals surface area contributed by atoms with Crippen LogP contribution in [0.2, 0.25) is 0 Å². The Kier molecular flexibility index (Phi) is 5.81. The van der Waals surface area contributed by atoms with Crippen molar-refractivity contribution in [1.29, 1.82) is 0 Å². The number of rotatable bonds is 6. The summed E-state index contributed by atoms with van der Waals surface area (Å²) in [5.74, 6) is 2.61. The van der Waals surface area contributed by atoms with Gasteiger partial charge in [-0.3, -0.25) is 4.79 Å². The van der Waals surface area contributed by atoms with Crippen LogP contribution >= 0.6 is 0 Å². The highest BCUT2D eigenvalue weighted by molar-refractivity contribution is 6.09. The van der Waals surface area contributed by atoms with Crippen LogP contribution in [0.3, 0.4) is 0 Å². The van der Waals surface area contributed by atoms with Crippen molar-refractivity contribution in [2.45, 2.75) is 13.8 Å². The molecule has 0 aromatic heterocycles. The van der Waals surface area contributed by atoms with E-state index in [9.17, 15) is 4.79 Å². The molecule has 5 nitrogen and oxygen atoms in total. The second-order valence-electron chi connectivity index (χ2n) is 7.62. The third kappa shape index (κ3) is 4.73. The average Bonchev–Trinajstić information content (AvgIpc) is 2.79. The van der Waals surface area contributed by atoms with Gasteiger partial charge < -0.3 is 20.9 Å². The Bertz CT molecular complexity index is 1160. The third-order valence-corrected chi connectivity index (χ3v) is 5.19. The van der Waals surface area contributed by atoms with Crippen molar-refractivity contribution in [3.63, 3.8) is 0 Å². The molecule has 0 saturated carbocycles. The molecule has 0 unspecified atom stereocenters. The number of ether oxygens (including phenoxy) is 2. The fourth-order valence-corrected chi connectivity index (χ4v) is 3.21. The summed E-state index contributed by atoms with van der Waals surface area (Å²) in [5.41, 5.74) is 16.2. The third-order valence-electron chi connectivity index (χ3n) is 5.19. The minimum Gasteiger partial charge on any atom is -0.457 e. The monoisotopic (exact) mass is 424 g/mol. The van der Waals surface area contributed by atoms with E-state index in [1.165, 1.54) is 0 Å². The number of anilines is 2. The maximum Gasteiger partial charge on any atom is 0.193 e. The van der Waals surface area contributed by atoms with Crippen molar-refractivity contribution in [3.8, 4) is 23.0 Å². The molecular formula is C27H24N2O3. The van der Waals surface area contributed by atoms with Gasteiger partial charge in [0.05, 0.1) is 0 Å². The van der Waals surface area contributed by atoms with Crippen LogP contribution in [0, 0.1) is 13.8 Å². The van der Waals surface area contributed by atoms with Crippen LogP contribution in [-0.2, 0) is 0 Å². The summed E-state index contributed by atoms with van der Waals surface area (Å²) >= 11 is 0. The Hall–Kier alpha value is -4.25. The predicted molar refractivity (Wildman–Crippen MR) is 128 cm³/mol. The van der Waals surface area contributed by atoms with Crippen molar-refractivity contribution in [1.82, 2.24) is 0 Å². The van der Waals surface area contributed by atoms with Crippen molar-refractivity contribution in [2.24, 2.45) is 0 Å². The van der Waals surface area contributed by atoms with E-state index in [0.717, 1.165) is 22.5 Å². The van der Waals surface area contributed by atoms with Crippen LogP contribution in [0.1, 0.15) is 27.0 Å². The summed E-state index contributed by atoms with van der Waals surface area (Å²) in [6.07, 6.45) is 0. The highest BCUT2D eigenvalue weighted by Gasteiger charge is 2.10.